The molecular weight excluding hydrogens is 248 g/mol. The van der Waals surface area contributed by atoms with Gasteiger partial charge in [-0.25, -0.2) is 0 Å². The van der Waals surface area contributed by atoms with Crippen LogP contribution < -0.4 is 4.74 Å². The van der Waals surface area contributed by atoms with E-state index in [1.807, 2.05) is 12.1 Å². The highest BCUT2D eigenvalue weighted by atomic mass is 16.5. The molecule has 1 aliphatic carbocycles. The first-order valence-electron chi connectivity index (χ1n) is 8.16. The number of rotatable bonds is 4. The van der Waals surface area contributed by atoms with Crippen molar-refractivity contribution in [1.82, 2.24) is 0 Å². The number of benzene rings is 1. The fourth-order valence-corrected chi connectivity index (χ4v) is 2.95. The molecule has 0 aromatic heterocycles. The largest absolute Gasteiger partial charge is 0.487 e. The van der Waals surface area contributed by atoms with Gasteiger partial charge in [0.1, 0.15) is 11.9 Å². The molecule has 2 rings (SSSR count). The Morgan fingerprint density at radius 1 is 1.15 bits per heavy atom. The van der Waals surface area contributed by atoms with Gasteiger partial charge in [-0.15, -0.1) is 0 Å². The summed E-state index contributed by atoms with van der Waals surface area (Å²) in [5.74, 6) is 1.46. The molecule has 112 valence electrons. The molecule has 0 spiro atoms. The van der Waals surface area contributed by atoms with Gasteiger partial charge in [-0.1, -0.05) is 51.3 Å². The van der Waals surface area contributed by atoms with Crippen LogP contribution in [0.1, 0.15) is 70.3 Å². The summed E-state index contributed by atoms with van der Waals surface area (Å²) in [6.45, 7) is 4.43. The molecule has 0 radical (unpaired) electrons. The van der Waals surface area contributed by atoms with Crippen LogP contribution in [0, 0.1) is 0 Å². The third-order valence-corrected chi connectivity index (χ3v) is 4.51. The van der Waals surface area contributed by atoms with E-state index in [1.54, 1.807) is 0 Å². The Kier molecular flexibility index (Phi) is 5.90. The molecule has 1 fully saturated rings. The summed E-state index contributed by atoms with van der Waals surface area (Å²) in [6, 6.07) is 8.30. The van der Waals surface area contributed by atoms with E-state index in [9.17, 15) is 5.11 Å². The smallest absolute Gasteiger partial charge is 0.124 e. The molecule has 1 aliphatic rings. The molecule has 1 saturated carbocycles. The Morgan fingerprint density at radius 3 is 2.60 bits per heavy atom. The number of aliphatic hydroxyl groups is 1. The maximum Gasteiger partial charge on any atom is 0.124 e. The first kappa shape index (κ1) is 15.4. The van der Waals surface area contributed by atoms with Crippen LogP contribution in [0.3, 0.4) is 0 Å². The minimum atomic E-state index is -0.319. The van der Waals surface area contributed by atoms with Crippen LogP contribution in [-0.4, -0.2) is 17.3 Å². The summed E-state index contributed by atoms with van der Waals surface area (Å²) in [4.78, 5) is 0. The van der Waals surface area contributed by atoms with Crippen molar-refractivity contribution in [2.24, 2.45) is 0 Å². The number of hydrogen-bond donors (Lipinski definition) is 1. The third kappa shape index (κ3) is 3.99. The van der Waals surface area contributed by atoms with Crippen molar-refractivity contribution >= 4 is 0 Å². The van der Waals surface area contributed by atoms with Crippen molar-refractivity contribution in [1.29, 1.82) is 0 Å². The van der Waals surface area contributed by atoms with Gasteiger partial charge >= 0.3 is 0 Å². The van der Waals surface area contributed by atoms with E-state index in [2.05, 4.69) is 26.0 Å². The first-order chi connectivity index (χ1) is 9.72. The Bertz CT molecular complexity index is 402. The summed E-state index contributed by atoms with van der Waals surface area (Å²) in [7, 11) is 0. The van der Waals surface area contributed by atoms with Crippen LogP contribution in [0.4, 0.5) is 0 Å². The monoisotopic (exact) mass is 276 g/mol. The van der Waals surface area contributed by atoms with Gasteiger partial charge in [0.05, 0.1) is 6.10 Å². The Hall–Kier alpha value is -1.02. The lowest BCUT2D eigenvalue weighted by atomic mass is 9.95. The SMILES string of the molecule is CCC(C)c1ccccc1OC1CCCCCCC1O. The zero-order valence-corrected chi connectivity index (χ0v) is 12.8. The Morgan fingerprint density at radius 2 is 1.85 bits per heavy atom. The van der Waals surface area contributed by atoms with Crippen LogP contribution in [0.15, 0.2) is 24.3 Å². The minimum absolute atomic E-state index is 0.0412. The molecule has 0 bridgehead atoms. The van der Waals surface area contributed by atoms with E-state index in [0.29, 0.717) is 5.92 Å². The Labute approximate surface area is 123 Å². The molecule has 0 saturated heterocycles. The molecule has 1 aromatic carbocycles. The molecule has 0 heterocycles. The van der Waals surface area contributed by atoms with Gasteiger partial charge in [-0.2, -0.15) is 0 Å². The van der Waals surface area contributed by atoms with Crippen molar-refractivity contribution in [3.05, 3.63) is 29.8 Å². The summed E-state index contributed by atoms with van der Waals surface area (Å²) in [5, 5.41) is 10.3. The quantitative estimate of drug-likeness (QED) is 0.866. The van der Waals surface area contributed by atoms with Crippen LogP contribution in [0.25, 0.3) is 0 Å². The van der Waals surface area contributed by atoms with E-state index < -0.39 is 0 Å². The molecule has 20 heavy (non-hydrogen) atoms. The molecule has 1 aromatic rings. The van der Waals surface area contributed by atoms with E-state index >= 15 is 0 Å². The van der Waals surface area contributed by atoms with Crippen molar-refractivity contribution < 1.29 is 9.84 Å². The number of para-hydroxylation sites is 1. The van der Waals surface area contributed by atoms with E-state index in [-0.39, 0.29) is 12.2 Å². The summed E-state index contributed by atoms with van der Waals surface area (Å²) >= 11 is 0. The highest BCUT2D eigenvalue weighted by molar-refractivity contribution is 5.36. The van der Waals surface area contributed by atoms with Gasteiger partial charge in [0, 0.05) is 0 Å². The van der Waals surface area contributed by atoms with Gasteiger partial charge in [0.2, 0.25) is 0 Å². The van der Waals surface area contributed by atoms with Gasteiger partial charge < -0.3 is 9.84 Å². The lowest BCUT2D eigenvalue weighted by molar-refractivity contribution is 0.0181. The second-order valence-corrected chi connectivity index (χ2v) is 6.06. The van der Waals surface area contributed by atoms with E-state index in [4.69, 9.17) is 4.74 Å². The first-order valence-corrected chi connectivity index (χ1v) is 8.16. The predicted molar refractivity (Wildman–Crippen MR) is 83.3 cm³/mol. The fraction of sp³-hybridized carbons (Fsp3) is 0.667. The second-order valence-electron chi connectivity index (χ2n) is 6.06. The summed E-state index contributed by atoms with van der Waals surface area (Å²) in [6.07, 6.45) is 7.37. The van der Waals surface area contributed by atoms with Crippen molar-refractivity contribution in [3.63, 3.8) is 0 Å². The molecule has 0 amide bonds. The third-order valence-electron chi connectivity index (χ3n) is 4.51. The van der Waals surface area contributed by atoms with Gasteiger partial charge in [0.25, 0.3) is 0 Å². The normalized spacial score (nSPS) is 25.6. The number of hydrogen-bond acceptors (Lipinski definition) is 2. The standard InChI is InChI=1S/C18H28O2/c1-3-14(2)15-10-8-9-12-17(15)20-18-13-7-5-4-6-11-16(18)19/h8-10,12,14,16,18-19H,3-7,11,13H2,1-2H3. The average molecular weight is 276 g/mol. The fourth-order valence-electron chi connectivity index (χ4n) is 2.95. The van der Waals surface area contributed by atoms with Crippen molar-refractivity contribution in [3.8, 4) is 5.75 Å². The van der Waals surface area contributed by atoms with Gasteiger partial charge in [-0.05, 0) is 43.2 Å². The average Bonchev–Trinajstić information content (AvgIpc) is 2.46. The van der Waals surface area contributed by atoms with Crippen molar-refractivity contribution in [2.75, 3.05) is 0 Å². The van der Waals surface area contributed by atoms with Crippen molar-refractivity contribution in [2.45, 2.75) is 76.9 Å². The molecular formula is C18H28O2. The maximum atomic E-state index is 10.3. The maximum absolute atomic E-state index is 10.3. The van der Waals surface area contributed by atoms with Crippen LogP contribution >= 0.6 is 0 Å². The summed E-state index contributed by atoms with van der Waals surface area (Å²) in [5.41, 5.74) is 1.27. The van der Waals surface area contributed by atoms with Crippen LogP contribution in [0.5, 0.6) is 5.75 Å². The molecule has 3 atom stereocenters. The number of ether oxygens (including phenoxy) is 1. The molecule has 1 N–H and O–H groups in total. The molecule has 2 nitrogen and oxygen atoms in total. The topological polar surface area (TPSA) is 29.5 Å². The molecule has 2 heteroatoms. The minimum Gasteiger partial charge on any atom is -0.487 e. The molecule has 3 unspecified atom stereocenters. The van der Waals surface area contributed by atoms with Gasteiger partial charge in [0.15, 0.2) is 0 Å². The zero-order valence-electron chi connectivity index (χ0n) is 12.8. The lowest BCUT2D eigenvalue weighted by Crippen LogP contribution is -2.33. The van der Waals surface area contributed by atoms with Crippen LogP contribution in [-0.2, 0) is 0 Å². The second kappa shape index (κ2) is 7.68. The highest BCUT2D eigenvalue weighted by Gasteiger charge is 2.23. The predicted octanol–water partition coefficient (Wildman–Crippen LogP) is 4.66. The number of aliphatic hydroxyl groups excluding tert-OH is 1. The Balaban J connectivity index is 2.11. The lowest BCUT2D eigenvalue weighted by Gasteiger charge is -2.28. The highest BCUT2D eigenvalue weighted by Crippen LogP contribution is 2.31. The van der Waals surface area contributed by atoms with E-state index in [1.165, 1.54) is 18.4 Å². The van der Waals surface area contributed by atoms with Crippen LogP contribution in [0.2, 0.25) is 0 Å². The zero-order chi connectivity index (χ0) is 14.4. The summed E-state index contributed by atoms with van der Waals surface area (Å²) < 4.78 is 6.21. The van der Waals surface area contributed by atoms with Gasteiger partial charge in [-0.3, -0.25) is 0 Å². The molecule has 0 aliphatic heterocycles. The van der Waals surface area contributed by atoms with E-state index in [0.717, 1.165) is 37.9 Å².